The molecule has 1 atom stereocenters. The Bertz CT molecular complexity index is 373. The van der Waals surface area contributed by atoms with Crippen LogP contribution in [0.15, 0.2) is 12.1 Å². The molecular weight excluding hydrogens is 214 g/mol. The molecule has 1 heterocycles. The van der Waals surface area contributed by atoms with E-state index < -0.39 is 0 Å². The Hall–Kier alpha value is -0.470. The van der Waals surface area contributed by atoms with Crippen LogP contribution >= 0.6 is 11.8 Å². The van der Waals surface area contributed by atoms with Crippen LogP contribution in [-0.2, 0) is 5.75 Å². The number of thioether (sulfide) groups is 1. The van der Waals surface area contributed by atoms with Gasteiger partial charge in [0.1, 0.15) is 0 Å². The molecule has 0 saturated carbocycles. The number of rotatable bonds is 3. The van der Waals surface area contributed by atoms with Gasteiger partial charge >= 0.3 is 0 Å². The van der Waals surface area contributed by atoms with Gasteiger partial charge in [-0.05, 0) is 49.1 Å². The number of aryl methyl sites for hydroxylation is 2. The molecule has 88 valence electrons. The highest BCUT2D eigenvalue weighted by molar-refractivity contribution is 7.98. The molecule has 2 rings (SSSR count). The summed E-state index contributed by atoms with van der Waals surface area (Å²) in [5.41, 5.74) is 6.06. The van der Waals surface area contributed by atoms with Crippen molar-refractivity contribution in [2.45, 2.75) is 39.0 Å². The Morgan fingerprint density at radius 1 is 1.31 bits per heavy atom. The van der Waals surface area contributed by atoms with E-state index in [1.807, 2.05) is 0 Å². The van der Waals surface area contributed by atoms with Crippen molar-refractivity contribution in [3.8, 4) is 0 Å². The van der Waals surface area contributed by atoms with Crippen LogP contribution in [0.2, 0.25) is 0 Å². The Morgan fingerprint density at radius 3 is 2.81 bits per heavy atom. The van der Waals surface area contributed by atoms with Crippen LogP contribution in [0.3, 0.4) is 0 Å². The molecule has 16 heavy (non-hydrogen) atoms. The van der Waals surface area contributed by atoms with E-state index in [0.717, 1.165) is 6.54 Å². The predicted octanol–water partition coefficient (Wildman–Crippen LogP) is 3.59. The van der Waals surface area contributed by atoms with Crippen LogP contribution in [0.25, 0.3) is 0 Å². The van der Waals surface area contributed by atoms with Gasteiger partial charge < -0.3 is 5.32 Å². The molecular formula is C14H21NS. The number of nitrogens with one attached hydrogen (secondary N) is 1. The highest BCUT2D eigenvalue weighted by atomic mass is 32.2. The molecule has 0 fully saturated rings. The summed E-state index contributed by atoms with van der Waals surface area (Å²) < 4.78 is 0. The van der Waals surface area contributed by atoms with Gasteiger partial charge in [-0.2, -0.15) is 11.8 Å². The second-order valence-electron chi connectivity index (χ2n) is 4.61. The van der Waals surface area contributed by atoms with Crippen molar-refractivity contribution in [1.29, 1.82) is 0 Å². The minimum atomic E-state index is 0.564. The monoisotopic (exact) mass is 235 g/mol. The van der Waals surface area contributed by atoms with Crippen molar-refractivity contribution < 1.29 is 0 Å². The number of benzene rings is 1. The van der Waals surface area contributed by atoms with E-state index in [-0.39, 0.29) is 0 Å². The normalized spacial score (nSPS) is 19.6. The predicted molar refractivity (Wildman–Crippen MR) is 73.1 cm³/mol. The van der Waals surface area contributed by atoms with Crippen molar-refractivity contribution in [2.75, 3.05) is 12.3 Å². The van der Waals surface area contributed by atoms with Crippen molar-refractivity contribution in [1.82, 2.24) is 5.32 Å². The first-order chi connectivity index (χ1) is 7.74. The first-order valence-corrected chi connectivity index (χ1v) is 7.29. The van der Waals surface area contributed by atoms with E-state index in [4.69, 9.17) is 0 Å². The molecule has 2 heteroatoms. The van der Waals surface area contributed by atoms with Crippen molar-refractivity contribution in [3.05, 3.63) is 34.4 Å². The van der Waals surface area contributed by atoms with Gasteiger partial charge in [0.15, 0.2) is 0 Å². The van der Waals surface area contributed by atoms with Gasteiger partial charge in [0.25, 0.3) is 0 Å². The lowest BCUT2D eigenvalue weighted by molar-refractivity contribution is 0.568. The summed E-state index contributed by atoms with van der Waals surface area (Å²) in [7, 11) is 0. The van der Waals surface area contributed by atoms with E-state index >= 15 is 0 Å². The maximum absolute atomic E-state index is 3.67. The molecule has 0 spiro atoms. The molecule has 1 aliphatic heterocycles. The highest BCUT2D eigenvalue weighted by Crippen LogP contribution is 2.35. The van der Waals surface area contributed by atoms with Crippen LogP contribution in [0.1, 0.15) is 41.6 Å². The quantitative estimate of drug-likeness (QED) is 0.859. The fourth-order valence-electron chi connectivity index (χ4n) is 2.41. The second kappa shape index (κ2) is 5.24. The Kier molecular flexibility index (Phi) is 3.93. The molecule has 0 saturated heterocycles. The molecule has 1 N–H and O–H groups in total. The fourth-order valence-corrected chi connectivity index (χ4v) is 3.63. The highest BCUT2D eigenvalue weighted by Gasteiger charge is 2.22. The standard InChI is InChI=1S/C14H21NS/c1-4-7-15-13-9-16-8-12-10(2)5-6-11(3)14(12)13/h5-6,13,15H,4,7-9H2,1-3H3. The zero-order chi connectivity index (χ0) is 11.5. The van der Waals surface area contributed by atoms with Crippen LogP contribution in [0.4, 0.5) is 0 Å². The lowest BCUT2D eigenvalue weighted by atomic mass is 9.93. The zero-order valence-electron chi connectivity index (χ0n) is 10.5. The number of fused-ring (bicyclic) bond motifs is 1. The van der Waals surface area contributed by atoms with Crippen LogP contribution < -0.4 is 5.32 Å². The minimum absolute atomic E-state index is 0.564. The van der Waals surface area contributed by atoms with E-state index in [0.29, 0.717) is 6.04 Å². The maximum atomic E-state index is 3.67. The third kappa shape index (κ3) is 2.28. The second-order valence-corrected chi connectivity index (χ2v) is 5.64. The van der Waals surface area contributed by atoms with Crippen molar-refractivity contribution in [2.24, 2.45) is 0 Å². The Labute approximate surface area is 103 Å². The summed E-state index contributed by atoms with van der Waals surface area (Å²) >= 11 is 2.06. The molecule has 0 bridgehead atoms. The smallest absolute Gasteiger partial charge is 0.0417 e. The fraction of sp³-hybridized carbons (Fsp3) is 0.571. The molecule has 1 aromatic rings. The molecule has 0 radical (unpaired) electrons. The van der Waals surface area contributed by atoms with Gasteiger partial charge in [-0.3, -0.25) is 0 Å². The summed E-state index contributed by atoms with van der Waals surface area (Å²) in [5.74, 6) is 2.41. The average molecular weight is 235 g/mol. The lowest BCUT2D eigenvalue weighted by Gasteiger charge is -2.29. The van der Waals surface area contributed by atoms with Crippen LogP contribution in [0, 0.1) is 13.8 Å². The first kappa shape index (κ1) is 12.0. The molecule has 0 aliphatic carbocycles. The van der Waals surface area contributed by atoms with Gasteiger partial charge in [0, 0.05) is 17.5 Å². The molecule has 1 unspecified atom stereocenters. The van der Waals surface area contributed by atoms with Crippen molar-refractivity contribution >= 4 is 11.8 Å². The SMILES string of the molecule is CCCNC1CSCc2c(C)ccc(C)c21. The van der Waals surface area contributed by atoms with Crippen LogP contribution in [-0.4, -0.2) is 12.3 Å². The third-order valence-corrected chi connectivity index (χ3v) is 4.39. The van der Waals surface area contributed by atoms with E-state index in [1.54, 1.807) is 11.1 Å². The Balaban J connectivity index is 2.33. The number of hydrogen-bond donors (Lipinski definition) is 1. The number of hydrogen-bond acceptors (Lipinski definition) is 2. The van der Waals surface area contributed by atoms with E-state index in [9.17, 15) is 0 Å². The van der Waals surface area contributed by atoms with Gasteiger partial charge in [-0.15, -0.1) is 0 Å². The third-order valence-electron chi connectivity index (χ3n) is 3.33. The summed E-state index contributed by atoms with van der Waals surface area (Å²) in [5, 5.41) is 3.67. The first-order valence-electron chi connectivity index (χ1n) is 6.14. The van der Waals surface area contributed by atoms with Gasteiger partial charge in [0.05, 0.1) is 0 Å². The molecule has 1 aliphatic rings. The summed E-state index contributed by atoms with van der Waals surface area (Å²) in [6.45, 7) is 7.83. The van der Waals surface area contributed by atoms with E-state index in [2.05, 4.69) is 50.0 Å². The van der Waals surface area contributed by atoms with E-state index in [1.165, 1.54) is 29.1 Å². The molecule has 0 aromatic heterocycles. The van der Waals surface area contributed by atoms with Crippen LogP contribution in [0.5, 0.6) is 0 Å². The van der Waals surface area contributed by atoms with Gasteiger partial charge in [-0.1, -0.05) is 19.1 Å². The zero-order valence-corrected chi connectivity index (χ0v) is 11.3. The molecule has 0 amide bonds. The molecule has 1 aromatic carbocycles. The topological polar surface area (TPSA) is 12.0 Å². The lowest BCUT2D eigenvalue weighted by Crippen LogP contribution is -2.28. The summed E-state index contributed by atoms with van der Waals surface area (Å²) in [4.78, 5) is 0. The average Bonchev–Trinajstić information content (AvgIpc) is 2.31. The van der Waals surface area contributed by atoms with Gasteiger partial charge in [-0.25, -0.2) is 0 Å². The maximum Gasteiger partial charge on any atom is 0.0417 e. The van der Waals surface area contributed by atoms with Crippen molar-refractivity contribution in [3.63, 3.8) is 0 Å². The minimum Gasteiger partial charge on any atom is -0.309 e. The summed E-state index contributed by atoms with van der Waals surface area (Å²) in [6.07, 6.45) is 1.21. The largest absolute Gasteiger partial charge is 0.309 e. The Morgan fingerprint density at radius 2 is 2.06 bits per heavy atom. The summed E-state index contributed by atoms with van der Waals surface area (Å²) in [6, 6.07) is 5.09. The van der Waals surface area contributed by atoms with Gasteiger partial charge in [0.2, 0.25) is 0 Å². The molecule has 1 nitrogen and oxygen atoms in total.